The number of carbonyl (C=O) groups is 1. The average molecular weight is 349 g/mol. The summed E-state index contributed by atoms with van der Waals surface area (Å²) >= 11 is 3.47. The number of amides is 1. The Kier molecular flexibility index (Phi) is 4.99. The standard InChI is InChI=1S/C17H21BrN2O/c1-17(2,3)15(9-10-18)20-16(21)13-6-4-8-14-12(13)7-5-11-19-14/h4-8,11,15H,9-10H2,1-3H3,(H,20,21). The molecule has 1 aromatic carbocycles. The van der Waals surface area contributed by atoms with E-state index in [1.807, 2.05) is 30.3 Å². The molecule has 2 rings (SSSR count). The van der Waals surface area contributed by atoms with Crippen LogP contribution in [0.5, 0.6) is 0 Å². The van der Waals surface area contributed by atoms with Crippen molar-refractivity contribution >= 4 is 32.7 Å². The highest BCUT2D eigenvalue weighted by atomic mass is 79.9. The number of carbonyl (C=O) groups excluding carboxylic acids is 1. The van der Waals surface area contributed by atoms with Crippen molar-refractivity contribution in [3.8, 4) is 0 Å². The fourth-order valence-electron chi connectivity index (χ4n) is 2.37. The van der Waals surface area contributed by atoms with Crippen molar-refractivity contribution in [2.45, 2.75) is 33.2 Å². The molecule has 0 saturated heterocycles. The zero-order valence-corrected chi connectivity index (χ0v) is 14.3. The van der Waals surface area contributed by atoms with E-state index in [9.17, 15) is 4.79 Å². The first-order valence-corrected chi connectivity index (χ1v) is 8.26. The minimum Gasteiger partial charge on any atom is -0.349 e. The van der Waals surface area contributed by atoms with Gasteiger partial charge in [0.15, 0.2) is 0 Å². The monoisotopic (exact) mass is 348 g/mol. The summed E-state index contributed by atoms with van der Waals surface area (Å²) < 4.78 is 0. The molecule has 0 aliphatic carbocycles. The van der Waals surface area contributed by atoms with Crippen molar-refractivity contribution in [2.24, 2.45) is 5.41 Å². The summed E-state index contributed by atoms with van der Waals surface area (Å²) in [6.07, 6.45) is 2.64. The van der Waals surface area contributed by atoms with Gasteiger partial charge in [0.1, 0.15) is 0 Å². The SMILES string of the molecule is CC(C)(C)C(CCBr)NC(=O)c1cccc2ncccc12. The lowest BCUT2D eigenvalue weighted by Gasteiger charge is -2.31. The van der Waals surface area contributed by atoms with Gasteiger partial charge in [0.2, 0.25) is 0 Å². The molecule has 1 amide bonds. The summed E-state index contributed by atoms with van der Waals surface area (Å²) in [5.74, 6) is -0.0329. The third-order valence-corrected chi connectivity index (χ3v) is 4.10. The van der Waals surface area contributed by atoms with E-state index >= 15 is 0 Å². The number of rotatable bonds is 4. The van der Waals surface area contributed by atoms with Crippen molar-refractivity contribution in [3.05, 3.63) is 42.1 Å². The molecular formula is C17H21BrN2O. The van der Waals surface area contributed by atoms with Gasteiger partial charge in [-0.3, -0.25) is 9.78 Å². The molecule has 0 fully saturated rings. The number of hydrogen-bond acceptors (Lipinski definition) is 2. The van der Waals surface area contributed by atoms with Crippen LogP contribution in [0.3, 0.4) is 0 Å². The molecule has 0 aliphatic heterocycles. The van der Waals surface area contributed by atoms with Crippen molar-refractivity contribution in [3.63, 3.8) is 0 Å². The van der Waals surface area contributed by atoms with Crippen LogP contribution in [0.2, 0.25) is 0 Å². The molecule has 0 aliphatic rings. The Morgan fingerprint density at radius 3 is 2.71 bits per heavy atom. The molecule has 2 aromatic rings. The summed E-state index contributed by atoms with van der Waals surface area (Å²) in [5, 5.41) is 4.93. The third kappa shape index (κ3) is 3.82. The third-order valence-electron chi connectivity index (χ3n) is 3.64. The number of nitrogens with one attached hydrogen (secondary N) is 1. The Morgan fingerprint density at radius 1 is 1.29 bits per heavy atom. The summed E-state index contributed by atoms with van der Waals surface area (Å²) in [4.78, 5) is 16.9. The highest BCUT2D eigenvalue weighted by Crippen LogP contribution is 2.24. The quantitative estimate of drug-likeness (QED) is 0.842. The summed E-state index contributed by atoms with van der Waals surface area (Å²) in [6.45, 7) is 6.43. The highest BCUT2D eigenvalue weighted by molar-refractivity contribution is 9.09. The minimum absolute atomic E-state index is 0.0201. The summed E-state index contributed by atoms with van der Waals surface area (Å²) in [7, 11) is 0. The lowest BCUT2D eigenvalue weighted by atomic mass is 9.85. The number of alkyl halides is 1. The number of halogens is 1. The zero-order valence-electron chi connectivity index (χ0n) is 12.7. The van der Waals surface area contributed by atoms with Crippen LogP contribution in [0.1, 0.15) is 37.6 Å². The van der Waals surface area contributed by atoms with E-state index < -0.39 is 0 Å². The fourth-order valence-corrected chi connectivity index (χ4v) is 2.83. The second kappa shape index (κ2) is 6.56. The predicted molar refractivity (Wildman–Crippen MR) is 90.9 cm³/mol. The van der Waals surface area contributed by atoms with Crippen LogP contribution in [-0.2, 0) is 0 Å². The van der Waals surface area contributed by atoms with Gasteiger partial charge >= 0.3 is 0 Å². The van der Waals surface area contributed by atoms with Gasteiger partial charge in [-0.2, -0.15) is 0 Å². The molecule has 1 atom stereocenters. The Labute approximate surface area is 134 Å². The predicted octanol–water partition coefficient (Wildman–Crippen LogP) is 4.16. The molecule has 1 aromatic heterocycles. The molecule has 0 saturated carbocycles. The minimum atomic E-state index is -0.0329. The fraction of sp³-hybridized carbons (Fsp3) is 0.412. The van der Waals surface area contributed by atoms with Crippen LogP contribution in [-0.4, -0.2) is 22.3 Å². The first-order chi connectivity index (χ1) is 9.93. The molecule has 1 N–H and O–H groups in total. The van der Waals surface area contributed by atoms with E-state index in [1.165, 1.54) is 0 Å². The van der Waals surface area contributed by atoms with Crippen LogP contribution in [0.4, 0.5) is 0 Å². The van der Waals surface area contributed by atoms with Gasteiger partial charge in [-0.1, -0.05) is 48.8 Å². The average Bonchev–Trinajstić information content (AvgIpc) is 2.45. The molecule has 0 spiro atoms. The number of hydrogen-bond donors (Lipinski definition) is 1. The van der Waals surface area contributed by atoms with E-state index in [4.69, 9.17) is 0 Å². The number of nitrogens with zero attached hydrogens (tertiary/aromatic N) is 1. The molecule has 112 valence electrons. The van der Waals surface area contributed by atoms with Crippen molar-refractivity contribution in [1.82, 2.24) is 10.3 Å². The van der Waals surface area contributed by atoms with Gasteiger partial charge < -0.3 is 5.32 Å². The van der Waals surface area contributed by atoms with Crippen LogP contribution >= 0.6 is 15.9 Å². The Morgan fingerprint density at radius 2 is 2.05 bits per heavy atom. The van der Waals surface area contributed by atoms with E-state index in [0.717, 1.165) is 22.7 Å². The normalized spacial score (nSPS) is 13.1. The second-order valence-electron chi connectivity index (χ2n) is 6.25. The van der Waals surface area contributed by atoms with E-state index in [-0.39, 0.29) is 17.4 Å². The number of pyridine rings is 1. The Bertz CT molecular complexity index is 629. The van der Waals surface area contributed by atoms with Gasteiger partial charge in [-0.25, -0.2) is 0 Å². The lowest BCUT2D eigenvalue weighted by Crippen LogP contribution is -2.44. The molecule has 0 bridgehead atoms. The number of aromatic nitrogens is 1. The molecule has 0 radical (unpaired) electrons. The van der Waals surface area contributed by atoms with Crippen molar-refractivity contribution in [2.75, 3.05) is 5.33 Å². The number of benzene rings is 1. The van der Waals surface area contributed by atoms with E-state index in [2.05, 4.69) is 47.0 Å². The lowest BCUT2D eigenvalue weighted by molar-refractivity contribution is 0.0902. The van der Waals surface area contributed by atoms with Crippen LogP contribution < -0.4 is 5.32 Å². The molecule has 1 unspecified atom stereocenters. The molecule has 1 heterocycles. The summed E-state index contributed by atoms with van der Waals surface area (Å²) in [5.41, 5.74) is 1.55. The van der Waals surface area contributed by atoms with Gasteiger partial charge in [-0.05, 0) is 30.0 Å². The number of fused-ring (bicyclic) bond motifs is 1. The maximum atomic E-state index is 12.6. The van der Waals surface area contributed by atoms with Crippen LogP contribution in [0.25, 0.3) is 10.9 Å². The van der Waals surface area contributed by atoms with E-state index in [1.54, 1.807) is 6.20 Å². The maximum absolute atomic E-state index is 12.6. The van der Waals surface area contributed by atoms with Gasteiger partial charge in [0.05, 0.1) is 5.52 Å². The molecule has 4 heteroatoms. The second-order valence-corrected chi connectivity index (χ2v) is 7.04. The zero-order chi connectivity index (χ0) is 15.5. The first-order valence-electron chi connectivity index (χ1n) is 7.14. The van der Waals surface area contributed by atoms with Gasteiger partial charge in [0, 0.05) is 28.5 Å². The highest BCUT2D eigenvalue weighted by Gasteiger charge is 2.26. The smallest absolute Gasteiger partial charge is 0.252 e. The Hall–Kier alpha value is -1.42. The molecule has 21 heavy (non-hydrogen) atoms. The van der Waals surface area contributed by atoms with Gasteiger partial charge in [-0.15, -0.1) is 0 Å². The maximum Gasteiger partial charge on any atom is 0.252 e. The Balaban J connectivity index is 2.30. The summed E-state index contributed by atoms with van der Waals surface area (Å²) in [6, 6.07) is 9.57. The van der Waals surface area contributed by atoms with Crippen molar-refractivity contribution < 1.29 is 4.79 Å². The van der Waals surface area contributed by atoms with Crippen LogP contribution in [0.15, 0.2) is 36.5 Å². The van der Waals surface area contributed by atoms with E-state index in [0.29, 0.717) is 5.56 Å². The topological polar surface area (TPSA) is 42.0 Å². The van der Waals surface area contributed by atoms with Crippen molar-refractivity contribution in [1.29, 1.82) is 0 Å². The largest absolute Gasteiger partial charge is 0.349 e. The van der Waals surface area contributed by atoms with Crippen LogP contribution in [0, 0.1) is 5.41 Å². The molecule has 3 nitrogen and oxygen atoms in total. The molecular weight excluding hydrogens is 328 g/mol. The van der Waals surface area contributed by atoms with Gasteiger partial charge in [0.25, 0.3) is 5.91 Å². The first kappa shape index (κ1) is 16.0.